The molecule has 0 aliphatic carbocycles. The van der Waals surface area contributed by atoms with Gasteiger partial charge in [-0.1, -0.05) is 71.0 Å². The maximum Gasteiger partial charge on any atom is 0.251 e. The Labute approximate surface area is 213 Å². The number of aliphatic hydroxyl groups is 2. The van der Waals surface area contributed by atoms with Crippen LogP contribution in [0, 0.1) is 11.8 Å². The van der Waals surface area contributed by atoms with Gasteiger partial charge in [0.25, 0.3) is 5.91 Å². The molecule has 35 heavy (non-hydrogen) atoms. The van der Waals surface area contributed by atoms with Gasteiger partial charge in [-0.25, -0.2) is 5.06 Å². The van der Waals surface area contributed by atoms with Gasteiger partial charge in [0.05, 0.1) is 25.2 Å². The summed E-state index contributed by atoms with van der Waals surface area (Å²) in [4.78, 5) is 18.1. The minimum absolute atomic E-state index is 0.0435. The molecule has 1 aromatic carbocycles. The first-order valence-corrected chi connectivity index (χ1v) is 15.1. The summed E-state index contributed by atoms with van der Waals surface area (Å²) < 4.78 is 12.4. The van der Waals surface area contributed by atoms with Crippen molar-refractivity contribution in [2.45, 2.75) is 84.1 Å². The highest BCUT2D eigenvalue weighted by molar-refractivity contribution is 6.74. The maximum atomic E-state index is 13.0. The van der Waals surface area contributed by atoms with Gasteiger partial charge in [0, 0.05) is 20.1 Å². The molecule has 0 saturated carbocycles. The zero-order valence-electron chi connectivity index (χ0n) is 23.4. The predicted octanol–water partition coefficient (Wildman–Crippen LogP) is 4.72. The molecule has 7 nitrogen and oxygen atoms in total. The lowest BCUT2D eigenvalue weighted by Crippen LogP contribution is -2.48. The lowest BCUT2D eigenvalue weighted by Gasteiger charge is -2.41. The van der Waals surface area contributed by atoms with E-state index in [0.717, 1.165) is 5.57 Å². The van der Waals surface area contributed by atoms with E-state index in [0.29, 0.717) is 5.56 Å². The highest BCUT2D eigenvalue weighted by Crippen LogP contribution is 2.39. The molecule has 0 aliphatic heterocycles. The van der Waals surface area contributed by atoms with Crippen molar-refractivity contribution in [3.8, 4) is 0 Å². The van der Waals surface area contributed by atoms with Gasteiger partial charge >= 0.3 is 0 Å². The van der Waals surface area contributed by atoms with Crippen LogP contribution < -0.4 is 0 Å². The SMILES string of the molecule is CO[C@@H](C(O)C(O)c1ccccc1)[C@@H](C)/C=C(\C)[C@H](O[Si](C)(C)C(C)(C)C)[C@@H](C)C(=O)N(C)OC. The summed E-state index contributed by atoms with van der Waals surface area (Å²) >= 11 is 0. The van der Waals surface area contributed by atoms with E-state index in [1.165, 1.54) is 19.3 Å². The van der Waals surface area contributed by atoms with Gasteiger partial charge in [-0.3, -0.25) is 9.63 Å². The van der Waals surface area contributed by atoms with Gasteiger partial charge in [0.1, 0.15) is 12.2 Å². The first-order valence-electron chi connectivity index (χ1n) is 12.2. The number of ether oxygens (including phenoxy) is 1. The van der Waals surface area contributed by atoms with E-state index in [-0.39, 0.29) is 16.9 Å². The molecule has 0 radical (unpaired) electrons. The number of methoxy groups -OCH3 is 1. The van der Waals surface area contributed by atoms with Gasteiger partial charge < -0.3 is 19.4 Å². The van der Waals surface area contributed by atoms with Gasteiger partial charge in [-0.15, -0.1) is 0 Å². The van der Waals surface area contributed by atoms with E-state index in [4.69, 9.17) is 14.0 Å². The average molecular weight is 510 g/mol. The topological polar surface area (TPSA) is 88.5 Å². The number of carbonyl (C=O) groups is 1. The van der Waals surface area contributed by atoms with Crippen LogP contribution in [0.4, 0.5) is 0 Å². The van der Waals surface area contributed by atoms with Crippen LogP contribution >= 0.6 is 0 Å². The molecule has 0 bridgehead atoms. The molecule has 1 aromatic rings. The lowest BCUT2D eigenvalue weighted by atomic mass is 9.89. The first-order chi connectivity index (χ1) is 16.1. The third-order valence-corrected chi connectivity index (χ3v) is 11.7. The van der Waals surface area contributed by atoms with Gasteiger partial charge in [0.2, 0.25) is 0 Å². The Hall–Kier alpha value is -1.55. The number of rotatable bonds is 12. The van der Waals surface area contributed by atoms with Gasteiger partial charge in [0.15, 0.2) is 8.32 Å². The second-order valence-corrected chi connectivity index (χ2v) is 15.7. The number of hydroxylamine groups is 2. The van der Waals surface area contributed by atoms with Crippen LogP contribution in [0.15, 0.2) is 42.0 Å². The van der Waals surface area contributed by atoms with Crippen LogP contribution in [0.2, 0.25) is 18.1 Å². The largest absolute Gasteiger partial charge is 0.409 e. The van der Waals surface area contributed by atoms with Crippen molar-refractivity contribution in [3.63, 3.8) is 0 Å². The summed E-state index contributed by atoms with van der Waals surface area (Å²) in [7, 11) is 2.34. The Morgan fingerprint density at radius 2 is 1.63 bits per heavy atom. The lowest BCUT2D eigenvalue weighted by molar-refractivity contribution is -0.175. The van der Waals surface area contributed by atoms with E-state index in [9.17, 15) is 15.0 Å². The van der Waals surface area contributed by atoms with Crippen LogP contribution in [0.1, 0.15) is 53.2 Å². The summed E-state index contributed by atoms with van der Waals surface area (Å²) in [5.41, 5.74) is 1.49. The number of hydrogen-bond acceptors (Lipinski definition) is 6. The van der Waals surface area contributed by atoms with E-state index in [1.807, 2.05) is 45.0 Å². The van der Waals surface area contributed by atoms with E-state index in [2.05, 4.69) is 33.9 Å². The Morgan fingerprint density at radius 1 is 1.09 bits per heavy atom. The number of amides is 1. The predicted molar refractivity (Wildman–Crippen MR) is 142 cm³/mol. The Bertz CT molecular complexity index is 823. The standard InChI is InChI=1S/C27H47NO6Si/c1-18(17-19(2)25(32-8)23(30)22(29)21-15-13-12-14-16-21)24(20(3)26(31)28(7)33-9)34-35(10,11)27(4,5)6/h12-17,19-20,22-25,29-30H,1-11H3/b18-17+/t19-,20+,22?,23?,24-,25+/m0/s1. The van der Waals surface area contributed by atoms with Crippen molar-refractivity contribution in [1.29, 1.82) is 0 Å². The van der Waals surface area contributed by atoms with Crippen molar-refractivity contribution in [1.82, 2.24) is 5.06 Å². The van der Waals surface area contributed by atoms with Crippen LogP contribution in [0.25, 0.3) is 0 Å². The second kappa shape index (κ2) is 13.1. The molecule has 1 rings (SSSR count). The van der Waals surface area contributed by atoms with Crippen molar-refractivity contribution in [3.05, 3.63) is 47.5 Å². The fraction of sp³-hybridized carbons (Fsp3) is 0.667. The summed E-state index contributed by atoms with van der Waals surface area (Å²) in [5, 5.41) is 22.9. The van der Waals surface area contributed by atoms with Crippen molar-refractivity contribution in [2.24, 2.45) is 11.8 Å². The molecule has 0 saturated heterocycles. The quantitative estimate of drug-likeness (QED) is 0.241. The van der Waals surface area contributed by atoms with Gasteiger partial charge in [-0.05, 0) is 36.2 Å². The number of aliphatic hydroxyl groups excluding tert-OH is 2. The molecule has 6 atom stereocenters. The molecule has 1 amide bonds. The molecule has 0 fully saturated rings. The fourth-order valence-electron chi connectivity index (χ4n) is 3.89. The molecule has 0 aromatic heterocycles. The molecule has 2 N–H and O–H groups in total. The molecule has 0 spiro atoms. The molecule has 200 valence electrons. The zero-order valence-corrected chi connectivity index (χ0v) is 24.4. The van der Waals surface area contributed by atoms with Crippen molar-refractivity contribution >= 4 is 14.2 Å². The highest BCUT2D eigenvalue weighted by atomic mass is 28.4. The van der Waals surface area contributed by atoms with Crippen molar-refractivity contribution in [2.75, 3.05) is 21.3 Å². The highest BCUT2D eigenvalue weighted by Gasteiger charge is 2.42. The third kappa shape index (κ3) is 8.23. The second-order valence-electron chi connectivity index (χ2n) is 10.9. The van der Waals surface area contributed by atoms with E-state index >= 15 is 0 Å². The molecular formula is C27H47NO6Si. The Morgan fingerprint density at radius 3 is 2.09 bits per heavy atom. The van der Waals surface area contributed by atoms with Crippen molar-refractivity contribution < 1.29 is 29.0 Å². The summed E-state index contributed by atoms with van der Waals surface area (Å²) in [6.07, 6.45) is -1.39. The Balaban J connectivity index is 3.29. The monoisotopic (exact) mass is 509 g/mol. The molecule has 0 heterocycles. The summed E-state index contributed by atoms with van der Waals surface area (Å²) in [5.74, 6) is -0.931. The Kier molecular flexibility index (Phi) is 11.8. The number of carbonyl (C=O) groups excluding carboxylic acids is 1. The minimum atomic E-state index is -2.23. The number of benzene rings is 1. The molecule has 0 aliphatic rings. The van der Waals surface area contributed by atoms with Crippen LogP contribution in [-0.2, 0) is 18.8 Å². The zero-order chi connectivity index (χ0) is 27.1. The third-order valence-electron chi connectivity index (χ3n) is 7.22. The van der Waals surface area contributed by atoms with E-state index < -0.39 is 38.7 Å². The smallest absolute Gasteiger partial charge is 0.251 e. The van der Waals surface area contributed by atoms with Gasteiger partial charge in [-0.2, -0.15) is 0 Å². The summed E-state index contributed by atoms with van der Waals surface area (Å²) in [6, 6.07) is 9.04. The average Bonchev–Trinajstić information content (AvgIpc) is 2.80. The van der Waals surface area contributed by atoms with Crippen LogP contribution in [-0.4, -0.2) is 69.1 Å². The van der Waals surface area contributed by atoms with E-state index in [1.54, 1.807) is 19.2 Å². The fourth-order valence-corrected chi connectivity index (χ4v) is 5.26. The molecular weight excluding hydrogens is 462 g/mol. The number of hydrogen-bond donors (Lipinski definition) is 2. The van der Waals surface area contributed by atoms with Crippen LogP contribution in [0.5, 0.6) is 0 Å². The molecule has 8 heteroatoms. The normalized spacial score (nSPS) is 18.4. The summed E-state index contributed by atoms with van der Waals surface area (Å²) in [6.45, 7) is 16.5. The maximum absolute atomic E-state index is 13.0. The number of nitrogens with zero attached hydrogens (tertiary/aromatic N) is 1. The van der Waals surface area contributed by atoms with Crippen LogP contribution in [0.3, 0.4) is 0 Å². The minimum Gasteiger partial charge on any atom is -0.409 e. The molecule has 2 unspecified atom stereocenters. The first kappa shape index (κ1) is 31.5.